The van der Waals surface area contributed by atoms with Crippen LogP contribution < -0.4 is 5.32 Å². The van der Waals surface area contributed by atoms with Crippen LogP contribution in [0.25, 0.3) is 10.9 Å². The summed E-state index contributed by atoms with van der Waals surface area (Å²) in [4.78, 5) is 4.74. The molecule has 0 unspecified atom stereocenters. The number of nitrogens with zero attached hydrogens (tertiary/aromatic N) is 2. The van der Waals surface area contributed by atoms with E-state index in [0.717, 1.165) is 44.1 Å². The fraction of sp³-hybridized carbons (Fsp3) is 0.588. The van der Waals surface area contributed by atoms with E-state index >= 15 is 0 Å². The maximum absolute atomic E-state index is 9.70. The maximum atomic E-state index is 9.70. The summed E-state index contributed by atoms with van der Waals surface area (Å²) < 4.78 is 2.34. The minimum absolute atomic E-state index is 0.118. The lowest BCUT2D eigenvalue weighted by atomic mass is 9.93. The van der Waals surface area contributed by atoms with Crippen LogP contribution in [0.3, 0.4) is 0 Å². The van der Waals surface area contributed by atoms with Crippen LogP contribution in [0.5, 0.6) is 0 Å². The zero-order chi connectivity index (χ0) is 14.2. The Morgan fingerprint density at radius 3 is 2.76 bits per heavy atom. The van der Waals surface area contributed by atoms with E-state index in [1.54, 1.807) is 0 Å². The highest BCUT2D eigenvalue weighted by molar-refractivity contribution is 5.83. The van der Waals surface area contributed by atoms with Crippen LogP contribution in [-0.4, -0.2) is 27.7 Å². The molecule has 4 heteroatoms. The highest BCUT2D eigenvalue weighted by Crippen LogP contribution is 2.36. The molecule has 0 atom stereocenters. The van der Waals surface area contributed by atoms with Crippen molar-refractivity contribution in [3.05, 3.63) is 29.7 Å². The van der Waals surface area contributed by atoms with E-state index in [0.29, 0.717) is 5.92 Å². The van der Waals surface area contributed by atoms with Crippen molar-refractivity contribution in [2.24, 2.45) is 5.92 Å². The van der Waals surface area contributed by atoms with Gasteiger partial charge in [0.15, 0.2) is 0 Å². The van der Waals surface area contributed by atoms with Gasteiger partial charge in [0.1, 0.15) is 0 Å². The third-order valence-corrected chi connectivity index (χ3v) is 4.95. The van der Waals surface area contributed by atoms with Crippen molar-refractivity contribution >= 4 is 10.9 Å². The van der Waals surface area contributed by atoms with E-state index in [1.165, 1.54) is 29.4 Å². The molecule has 1 aliphatic carbocycles. The van der Waals surface area contributed by atoms with Gasteiger partial charge in [-0.25, -0.2) is 0 Å². The van der Waals surface area contributed by atoms with Gasteiger partial charge in [-0.05, 0) is 56.8 Å². The molecule has 21 heavy (non-hydrogen) atoms. The highest BCUT2D eigenvalue weighted by atomic mass is 16.3. The maximum Gasteiger partial charge on any atom is 0.0833 e. The van der Waals surface area contributed by atoms with E-state index in [9.17, 15) is 5.11 Å². The minimum Gasteiger partial charge on any atom is -0.390 e. The summed E-state index contributed by atoms with van der Waals surface area (Å²) in [5.74, 6) is 1.35. The molecule has 0 amide bonds. The Balaban J connectivity index is 1.82. The molecule has 1 saturated heterocycles. The molecule has 3 heterocycles. The van der Waals surface area contributed by atoms with Crippen molar-refractivity contribution in [1.29, 1.82) is 0 Å². The zero-order valence-corrected chi connectivity index (χ0v) is 12.4. The van der Waals surface area contributed by atoms with Gasteiger partial charge in [0.25, 0.3) is 0 Å². The number of fused-ring (bicyclic) bond motifs is 1. The summed E-state index contributed by atoms with van der Waals surface area (Å²) in [5.41, 5.74) is 3.56. The molecule has 2 N–H and O–H groups in total. The summed E-state index contributed by atoms with van der Waals surface area (Å²) >= 11 is 0. The molecule has 0 aromatic carbocycles. The number of pyridine rings is 1. The number of aliphatic hydroxyl groups is 1. The molecule has 4 nitrogen and oxygen atoms in total. The third kappa shape index (κ3) is 2.47. The average molecular weight is 285 g/mol. The molecule has 1 aliphatic heterocycles. The first-order valence-electron chi connectivity index (χ1n) is 8.15. The Morgan fingerprint density at radius 2 is 2.05 bits per heavy atom. The van der Waals surface area contributed by atoms with Crippen LogP contribution in [0.15, 0.2) is 18.3 Å². The predicted molar refractivity (Wildman–Crippen MR) is 83.2 cm³/mol. The molecule has 2 aromatic heterocycles. The largest absolute Gasteiger partial charge is 0.390 e. The summed E-state index contributed by atoms with van der Waals surface area (Å²) in [6.07, 6.45) is 6.91. The van der Waals surface area contributed by atoms with Crippen molar-refractivity contribution in [2.75, 3.05) is 13.1 Å². The summed E-state index contributed by atoms with van der Waals surface area (Å²) in [5, 5.41) is 14.4. The molecule has 0 spiro atoms. The standard InChI is InChI=1S/C17H23N3O/c21-11-15-9-14-5-8-19-16(13-3-6-18-7-4-13)17(14)20(15)10-12-1-2-12/h5,8-9,12-13,18,21H,1-4,6-7,10-11H2. The Hall–Kier alpha value is -1.39. The molecule has 4 rings (SSSR count). The topological polar surface area (TPSA) is 50.1 Å². The van der Waals surface area contributed by atoms with Gasteiger partial charge >= 0.3 is 0 Å². The van der Waals surface area contributed by atoms with E-state index in [1.807, 2.05) is 6.20 Å². The lowest BCUT2D eigenvalue weighted by Crippen LogP contribution is -2.27. The van der Waals surface area contributed by atoms with Gasteiger partial charge in [0, 0.05) is 29.7 Å². The number of aliphatic hydroxyl groups excluding tert-OH is 1. The van der Waals surface area contributed by atoms with Crippen LogP contribution in [-0.2, 0) is 13.2 Å². The van der Waals surface area contributed by atoms with E-state index < -0.39 is 0 Å². The zero-order valence-electron chi connectivity index (χ0n) is 12.4. The first kappa shape index (κ1) is 13.3. The van der Waals surface area contributed by atoms with E-state index in [2.05, 4.69) is 22.0 Å². The normalized spacial score (nSPS) is 20.2. The third-order valence-electron chi connectivity index (χ3n) is 4.95. The van der Waals surface area contributed by atoms with Crippen molar-refractivity contribution in [3.63, 3.8) is 0 Å². The van der Waals surface area contributed by atoms with Gasteiger partial charge in [-0.2, -0.15) is 0 Å². The lowest BCUT2D eigenvalue weighted by molar-refractivity contribution is 0.270. The Labute approximate surface area is 125 Å². The molecule has 2 fully saturated rings. The second kappa shape index (κ2) is 5.43. The van der Waals surface area contributed by atoms with E-state index in [-0.39, 0.29) is 6.61 Å². The second-order valence-corrected chi connectivity index (χ2v) is 6.51. The smallest absolute Gasteiger partial charge is 0.0833 e. The Bertz CT molecular complexity index is 639. The van der Waals surface area contributed by atoms with Crippen LogP contribution in [0.4, 0.5) is 0 Å². The van der Waals surface area contributed by atoms with Crippen LogP contribution in [0.2, 0.25) is 0 Å². The molecule has 0 radical (unpaired) electrons. The monoisotopic (exact) mass is 285 g/mol. The first-order valence-corrected chi connectivity index (χ1v) is 8.15. The molecule has 0 bridgehead atoms. The van der Waals surface area contributed by atoms with Gasteiger partial charge in [-0.15, -0.1) is 0 Å². The van der Waals surface area contributed by atoms with Crippen molar-refractivity contribution in [1.82, 2.24) is 14.9 Å². The summed E-state index contributed by atoms with van der Waals surface area (Å²) in [7, 11) is 0. The summed E-state index contributed by atoms with van der Waals surface area (Å²) in [6.45, 7) is 3.33. The summed E-state index contributed by atoms with van der Waals surface area (Å²) in [6, 6.07) is 4.23. The molecular weight excluding hydrogens is 262 g/mol. The first-order chi connectivity index (χ1) is 10.4. The quantitative estimate of drug-likeness (QED) is 0.907. The van der Waals surface area contributed by atoms with Gasteiger partial charge in [-0.1, -0.05) is 0 Å². The lowest BCUT2D eigenvalue weighted by Gasteiger charge is -2.23. The fourth-order valence-electron chi connectivity index (χ4n) is 3.59. The molecule has 1 saturated carbocycles. The SMILES string of the molecule is OCc1cc2ccnc(C3CCNCC3)c2n1CC1CC1. The number of piperidine rings is 1. The van der Waals surface area contributed by atoms with Crippen LogP contribution >= 0.6 is 0 Å². The number of hydrogen-bond acceptors (Lipinski definition) is 3. The van der Waals surface area contributed by atoms with Gasteiger partial charge in [0.05, 0.1) is 17.8 Å². The predicted octanol–water partition coefficient (Wildman–Crippen LogP) is 2.41. The number of hydrogen-bond donors (Lipinski definition) is 2. The number of rotatable bonds is 4. The number of aromatic nitrogens is 2. The Kier molecular flexibility index (Phi) is 3.43. The van der Waals surface area contributed by atoms with Crippen molar-refractivity contribution < 1.29 is 5.11 Å². The fourth-order valence-corrected chi connectivity index (χ4v) is 3.59. The highest BCUT2D eigenvalue weighted by Gasteiger charge is 2.26. The Morgan fingerprint density at radius 1 is 1.24 bits per heavy atom. The van der Waals surface area contributed by atoms with Gasteiger partial charge in [-0.3, -0.25) is 4.98 Å². The van der Waals surface area contributed by atoms with Crippen molar-refractivity contribution in [2.45, 2.75) is 44.8 Å². The molecule has 2 aromatic rings. The minimum atomic E-state index is 0.118. The second-order valence-electron chi connectivity index (χ2n) is 6.51. The van der Waals surface area contributed by atoms with Crippen LogP contribution in [0, 0.1) is 5.92 Å². The van der Waals surface area contributed by atoms with Gasteiger partial charge in [0.2, 0.25) is 0 Å². The molecule has 112 valence electrons. The molecule has 2 aliphatic rings. The molecular formula is C17H23N3O. The van der Waals surface area contributed by atoms with Crippen molar-refractivity contribution in [3.8, 4) is 0 Å². The van der Waals surface area contributed by atoms with Gasteiger partial charge < -0.3 is 15.0 Å². The van der Waals surface area contributed by atoms with E-state index in [4.69, 9.17) is 4.98 Å². The number of nitrogens with one attached hydrogen (secondary N) is 1. The average Bonchev–Trinajstić information content (AvgIpc) is 3.28. The van der Waals surface area contributed by atoms with Crippen LogP contribution in [0.1, 0.15) is 43.0 Å².